The van der Waals surface area contributed by atoms with Crippen molar-refractivity contribution in [2.45, 2.75) is 38.1 Å². The van der Waals surface area contributed by atoms with Gasteiger partial charge in [-0.3, -0.25) is 0 Å². The SMILES string of the molecule is Fc1cc(F)c(NC2CCCCC2)cc1F. The summed E-state index contributed by atoms with van der Waals surface area (Å²) in [6.07, 6.45) is 5.31. The van der Waals surface area contributed by atoms with Gasteiger partial charge in [0.1, 0.15) is 5.82 Å². The van der Waals surface area contributed by atoms with Crippen molar-refractivity contribution in [2.24, 2.45) is 0 Å². The monoisotopic (exact) mass is 229 g/mol. The van der Waals surface area contributed by atoms with Crippen LogP contribution in [0, 0.1) is 17.5 Å². The van der Waals surface area contributed by atoms with E-state index in [1.807, 2.05) is 0 Å². The highest BCUT2D eigenvalue weighted by molar-refractivity contribution is 5.46. The molecule has 2 rings (SSSR count). The van der Waals surface area contributed by atoms with E-state index in [2.05, 4.69) is 5.32 Å². The summed E-state index contributed by atoms with van der Waals surface area (Å²) in [6.45, 7) is 0. The lowest BCUT2D eigenvalue weighted by Gasteiger charge is -2.24. The Morgan fingerprint density at radius 1 is 0.875 bits per heavy atom. The minimum absolute atomic E-state index is 0.0609. The van der Waals surface area contributed by atoms with Crippen molar-refractivity contribution in [3.63, 3.8) is 0 Å². The Labute approximate surface area is 92.7 Å². The fraction of sp³-hybridized carbons (Fsp3) is 0.500. The second-order valence-electron chi connectivity index (χ2n) is 4.23. The predicted molar refractivity (Wildman–Crippen MR) is 56.8 cm³/mol. The highest BCUT2D eigenvalue weighted by atomic mass is 19.2. The van der Waals surface area contributed by atoms with Crippen molar-refractivity contribution in [1.29, 1.82) is 0 Å². The molecular weight excluding hydrogens is 215 g/mol. The van der Waals surface area contributed by atoms with Gasteiger partial charge in [0.05, 0.1) is 5.69 Å². The maximum absolute atomic E-state index is 13.3. The van der Waals surface area contributed by atoms with Gasteiger partial charge in [0.25, 0.3) is 0 Å². The van der Waals surface area contributed by atoms with Crippen LogP contribution in [0.3, 0.4) is 0 Å². The van der Waals surface area contributed by atoms with Gasteiger partial charge in [-0.25, -0.2) is 13.2 Å². The Balaban J connectivity index is 2.11. The molecule has 1 saturated carbocycles. The summed E-state index contributed by atoms with van der Waals surface area (Å²) in [6, 6.07) is 1.65. The summed E-state index contributed by atoms with van der Waals surface area (Å²) in [7, 11) is 0. The molecule has 88 valence electrons. The van der Waals surface area contributed by atoms with E-state index in [4.69, 9.17) is 0 Å². The van der Waals surface area contributed by atoms with Crippen molar-refractivity contribution < 1.29 is 13.2 Å². The van der Waals surface area contributed by atoms with Crippen molar-refractivity contribution in [2.75, 3.05) is 5.32 Å². The Hall–Kier alpha value is -1.19. The first-order valence-corrected chi connectivity index (χ1v) is 5.58. The van der Waals surface area contributed by atoms with Gasteiger partial charge in [0, 0.05) is 18.2 Å². The molecule has 0 bridgehead atoms. The van der Waals surface area contributed by atoms with E-state index in [9.17, 15) is 13.2 Å². The summed E-state index contributed by atoms with van der Waals surface area (Å²) in [5.74, 6) is -2.89. The molecule has 4 heteroatoms. The van der Waals surface area contributed by atoms with E-state index in [-0.39, 0.29) is 11.7 Å². The molecule has 0 spiro atoms. The molecule has 1 aromatic carbocycles. The summed E-state index contributed by atoms with van der Waals surface area (Å²) in [5.41, 5.74) is 0.0609. The van der Waals surface area contributed by atoms with Crippen LogP contribution in [-0.2, 0) is 0 Å². The number of halogens is 3. The van der Waals surface area contributed by atoms with Gasteiger partial charge in [-0.1, -0.05) is 19.3 Å². The van der Waals surface area contributed by atoms with Crippen LogP contribution in [0.25, 0.3) is 0 Å². The lowest BCUT2D eigenvalue weighted by atomic mass is 9.95. The van der Waals surface area contributed by atoms with E-state index in [0.29, 0.717) is 6.07 Å². The van der Waals surface area contributed by atoms with Crippen molar-refractivity contribution >= 4 is 5.69 Å². The average Bonchev–Trinajstić information content (AvgIpc) is 2.27. The molecule has 0 aromatic heterocycles. The largest absolute Gasteiger partial charge is 0.380 e. The number of nitrogens with one attached hydrogen (secondary N) is 1. The summed E-state index contributed by atoms with van der Waals surface area (Å²) < 4.78 is 38.9. The van der Waals surface area contributed by atoms with Crippen LogP contribution < -0.4 is 5.32 Å². The topological polar surface area (TPSA) is 12.0 Å². The summed E-state index contributed by atoms with van der Waals surface area (Å²) in [5, 5.41) is 2.94. The summed E-state index contributed by atoms with van der Waals surface area (Å²) in [4.78, 5) is 0. The van der Waals surface area contributed by atoms with Gasteiger partial charge >= 0.3 is 0 Å². The maximum Gasteiger partial charge on any atom is 0.161 e. The second kappa shape index (κ2) is 4.76. The Morgan fingerprint density at radius 3 is 2.19 bits per heavy atom. The number of rotatable bonds is 2. The zero-order chi connectivity index (χ0) is 11.5. The molecule has 0 atom stereocenters. The maximum atomic E-state index is 13.3. The molecule has 0 amide bonds. The van der Waals surface area contributed by atoms with Crippen LogP contribution in [0.4, 0.5) is 18.9 Å². The van der Waals surface area contributed by atoms with Crippen molar-refractivity contribution in [3.8, 4) is 0 Å². The minimum atomic E-state index is -1.15. The molecule has 1 aromatic rings. The van der Waals surface area contributed by atoms with Gasteiger partial charge < -0.3 is 5.32 Å². The van der Waals surface area contributed by atoms with Gasteiger partial charge in [-0.15, -0.1) is 0 Å². The third-order valence-corrected chi connectivity index (χ3v) is 2.97. The van der Waals surface area contributed by atoms with E-state index in [1.165, 1.54) is 6.42 Å². The zero-order valence-corrected chi connectivity index (χ0v) is 8.90. The highest BCUT2D eigenvalue weighted by Gasteiger charge is 2.16. The first-order chi connectivity index (χ1) is 7.66. The smallest absolute Gasteiger partial charge is 0.161 e. The first-order valence-electron chi connectivity index (χ1n) is 5.58. The molecule has 0 heterocycles. The lowest BCUT2D eigenvalue weighted by molar-refractivity contribution is 0.458. The molecule has 1 nitrogen and oxygen atoms in total. The molecule has 16 heavy (non-hydrogen) atoms. The van der Waals surface area contributed by atoms with Crippen LogP contribution in [0.5, 0.6) is 0 Å². The Bertz CT molecular complexity index is 373. The normalized spacial score (nSPS) is 17.4. The van der Waals surface area contributed by atoms with Crippen LogP contribution in [0.1, 0.15) is 32.1 Å². The van der Waals surface area contributed by atoms with Crippen LogP contribution in [-0.4, -0.2) is 6.04 Å². The van der Waals surface area contributed by atoms with E-state index < -0.39 is 17.5 Å². The van der Waals surface area contributed by atoms with Gasteiger partial charge in [-0.2, -0.15) is 0 Å². The molecule has 0 aliphatic heterocycles. The minimum Gasteiger partial charge on any atom is -0.380 e. The van der Waals surface area contributed by atoms with Gasteiger partial charge in [0.15, 0.2) is 11.6 Å². The molecule has 0 unspecified atom stereocenters. The Kier molecular flexibility index (Phi) is 3.36. The van der Waals surface area contributed by atoms with E-state index >= 15 is 0 Å². The Morgan fingerprint density at radius 2 is 1.50 bits per heavy atom. The highest BCUT2D eigenvalue weighted by Crippen LogP contribution is 2.24. The zero-order valence-electron chi connectivity index (χ0n) is 8.90. The first kappa shape index (κ1) is 11.3. The third kappa shape index (κ3) is 2.49. The van der Waals surface area contributed by atoms with Crippen LogP contribution in [0.2, 0.25) is 0 Å². The molecule has 0 saturated heterocycles. The quantitative estimate of drug-likeness (QED) is 0.759. The molecule has 1 aliphatic carbocycles. The van der Waals surface area contributed by atoms with Gasteiger partial charge in [0.2, 0.25) is 0 Å². The predicted octanol–water partition coefficient (Wildman–Crippen LogP) is 3.85. The number of hydrogen-bond donors (Lipinski definition) is 1. The van der Waals surface area contributed by atoms with Crippen molar-refractivity contribution in [1.82, 2.24) is 0 Å². The standard InChI is InChI=1S/C12H14F3N/c13-9-6-11(15)12(7-10(9)14)16-8-4-2-1-3-5-8/h6-8,16H,1-5H2. The number of anilines is 1. The van der Waals surface area contributed by atoms with Gasteiger partial charge in [-0.05, 0) is 12.8 Å². The van der Waals surface area contributed by atoms with Crippen LogP contribution >= 0.6 is 0 Å². The third-order valence-electron chi connectivity index (χ3n) is 2.97. The lowest BCUT2D eigenvalue weighted by Crippen LogP contribution is -2.23. The molecule has 0 radical (unpaired) electrons. The average molecular weight is 229 g/mol. The number of hydrogen-bond acceptors (Lipinski definition) is 1. The fourth-order valence-electron chi connectivity index (χ4n) is 2.10. The molecule has 1 fully saturated rings. The molecule has 1 aliphatic rings. The molecular formula is C12H14F3N. The summed E-state index contributed by atoms with van der Waals surface area (Å²) >= 11 is 0. The fourth-order valence-corrected chi connectivity index (χ4v) is 2.10. The second-order valence-corrected chi connectivity index (χ2v) is 4.23. The molecule has 1 N–H and O–H groups in total. The van der Waals surface area contributed by atoms with Crippen LogP contribution in [0.15, 0.2) is 12.1 Å². The van der Waals surface area contributed by atoms with E-state index in [1.54, 1.807) is 0 Å². The van der Waals surface area contributed by atoms with E-state index in [0.717, 1.165) is 31.7 Å². The van der Waals surface area contributed by atoms with Crippen molar-refractivity contribution in [3.05, 3.63) is 29.6 Å². The number of benzene rings is 1.